The lowest BCUT2D eigenvalue weighted by molar-refractivity contribution is -0.113. The van der Waals surface area contributed by atoms with Crippen molar-refractivity contribution in [1.29, 1.82) is 0 Å². The van der Waals surface area contributed by atoms with E-state index in [1.165, 1.54) is 17.3 Å². The van der Waals surface area contributed by atoms with E-state index in [1.807, 2.05) is 54.6 Å². The molecule has 186 valence electrons. The first-order chi connectivity index (χ1) is 18.6. The Morgan fingerprint density at radius 1 is 0.789 bits per heavy atom. The number of amides is 1. The molecule has 0 saturated carbocycles. The van der Waals surface area contributed by atoms with Gasteiger partial charge in [-0.2, -0.15) is 0 Å². The minimum Gasteiger partial charge on any atom is -0.342 e. The second-order valence-electron chi connectivity index (χ2n) is 9.44. The third kappa shape index (κ3) is 4.57. The van der Waals surface area contributed by atoms with E-state index >= 15 is 0 Å². The van der Waals surface area contributed by atoms with Crippen LogP contribution in [0.15, 0.2) is 119 Å². The molecule has 38 heavy (non-hydrogen) atoms. The number of benzene rings is 4. The van der Waals surface area contributed by atoms with Crippen molar-refractivity contribution in [3.63, 3.8) is 0 Å². The molecule has 1 aromatic heterocycles. The van der Waals surface area contributed by atoms with Crippen LogP contribution < -0.4 is 4.90 Å². The average Bonchev–Trinajstić information content (AvgIpc) is 3.44. The van der Waals surface area contributed by atoms with Crippen molar-refractivity contribution in [3.05, 3.63) is 136 Å². The Hall–Kier alpha value is -4.35. The molecule has 0 bridgehead atoms. The fourth-order valence-electron chi connectivity index (χ4n) is 4.87. The zero-order valence-corrected chi connectivity index (χ0v) is 22.2. The van der Waals surface area contributed by atoms with Gasteiger partial charge in [-0.3, -0.25) is 9.69 Å². The summed E-state index contributed by atoms with van der Waals surface area (Å²) in [6.45, 7) is 4.87. The smallest absolute Gasteiger partial charge is 0.271 e. The minimum atomic E-state index is -0.0638. The largest absolute Gasteiger partial charge is 0.342 e. The summed E-state index contributed by atoms with van der Waals surface area (Å²) in [7, 11) is 0. The lowest BCUT2D eigenvalue weighted by Crippen LogP contribution is -2.28. The quantitative estimate of drug-likeness (QED) is 0.223. The lowest BCUT2D eigenvalue weighted by atomic mass is 10.1. The summed E-state index contributed by atoms with van der Waals surface area (Å²) in [6.07, 6.45) is 4.16. The molecule has 0 N–H and O–H groups in total. The number of hydrogen-bond donors (Lipinski definition) is 0. The van der Waals surface area contributed by atoms with E-state index < -0.39 is 0 Å². The SMILES string of the molecule is Cc1cccc(C)c1N=C1SC(=Cc2cn(Cc3ccccc3)c3ccccc23)C(=O)N1c1ccccc1. The average molecular weight is 514 g/mol. The van der Waals surface area contributed by atoms with Gasteiger partial charge in [0.2, 0.25) is 0 Å². The van der Waals surface area contributed by atoms with E-state index in [-0.39, 0.29) is 5.91 Å². The van der Waals surface area contributed by atoms with Gasteiger partial charge in [0.05, 0.1) is 16.3 Å². The molecule has 0 radical (unpaired) electrons. The Morgan fingerprint density at radius 2 is 1.45 bits per heavy atom. The molecular weight excluding hydrogens is 486 g/mol. The summed E-state index contributed by atoms with van der Waals surface area (Å²) in [5.74, 6) is -0.0638. The van der Waals surface area contributed by atoms with Gasteiger partial charge in [-0.05, 0) is 66.6 Å². The van der Waals surface area contributed by atoms with E-state index in [1.54, 1.807) is 4.90 Å². The number of rotatable bonds is 5. The molecule has 0 unspecified atom stereocenters. The Balaban J connectivity index is 1.45. The number of carbonyl (C=O) groups excluding carboxylic acids is 1. The first kappa shape index (κ1) is 24.0. The van der Waals surface area contributed by atoms with Gasteiger partial charge < -0.3 is 4.57 Å². The van der Waals surface area contributed by atoms with Gasteiger partial charge >= 0.3 is 0 Å². The number of nitrogens with zero attached hydrogens (tertiary/aromatic N) is 3. The molecule has 2 heterocycles. The number of thioether (sulfide) groups is 1. The summed E-state index contributed by atoms with van der Waals surface area (Å²) in [4.78, 5) is 21.3. The molecule has 4 aromatic carbocycles. The molecule has 0 aliphatic carbocycles. The highest BCUT2D eigenvalue weighted by Gasteiger charge is 2.35. The van der Waals surface area contributed by atoms with Crippen LogP contribution in [-0.4, -0.2) is 15.6 Å². The van der Waals surface area contributed by atoms with Crippen LogP contribution >= 0.6 is 11.8 Å². The van der Waals surface area contributed by atoms with E-state index in [9.17, 15) is 4.79 Å². The van der Waals surface area contributed by atoms with Crippen molar-refractivity contribution >= 4 is 51.2 Å². The Labute approximate surface area is 227 Å². The van der Waals surface area contributed by atoms with Gasteiger partial charge in [0.15, 0.2) is 5.17 Å². The Kier molecular flexibility index (Phi) is 6.44. The van der Waals surface area contributed by atoms with Gasteiger partial charge in [-0.15, -0.1) is 0 Å². The maximum Gasteiger partial charge on any atom is 0.271 e. The molecule has 5 aromatic rings. The van der Waals surface area contributed by atoms with Gasteiger partial charge in [-0.25, -0.2) is 4.99 Å². The van der Waals surface area contributed by atoms with Gasteiger partial charge in [0.1, 0.15) is 0 Å². The number of anilines is 1. The van der Waals surface area contributed by atoms with E-state index in [0.29, 0.717) is 10.1 Å². The summed E-state index contributed by atoms with van der Waals surface area (Å²) in [5, 5.41) is 1.79. The number of aliphatic imine (C=N–C) groups is 1. The monoisotopic (exact) mass is 513 g/mol. The number of amidine groups is 1. The normalized spacial score (nSPS) is 15.7. The number of aromatic nitrogens is 1. The molecule has 6 rings (SSSR count). The highest BCUT2D eigenvalue weighted by atomic mass is 32.2. The summed E-state index contributed by atoms with van der Waals surface area (Å²) in [6, 6.07) is 34.7. The van der Waals surface area contributed by atoms with Crippen LogP contribution in [0.25, 0.3) is 17.0 Å². The van der Waals surface area contributed by atoms with Gasteiger partial charge in [0.25, 0.3) is 5.91 Å². The second kappa shape index (κ2) is 10.2. The predicted octanol–water partition coefficient (Wildman–Crippen LogP) is 8.12. The first-order valence-electron chi connectivity index (χ1n) is 12.6. The van der Waals surface area contributed by atoms with Crippen molar-refractivity contribution < 1.29 is 4.79 Å². The van der Waals surface area contributed by atoms with Crippen LogP contribution in [0, 0.1) is 13.8 Å². The fraction of sp³-hybridized carbons (Fsp3) is 0.0909. The third-order valence-electron chi connectivity index (χ3n) is 6.77. The van der Waals surface area contributed by atoms with Crippen molar-refractivity contribution in [2.75, 3.05) is 4.90 Å². The number of fused-ring (bicyclic) bond motifs is 1. The van der Waals surface area contributed by atoms with Crippen LogP contribution in [-0.2, 0) is 11.3 Å². The summed E-state index contributed by atoms with van der Waals surface area (Å²) >= 11 is 1.43. The van der Waals surface area contributed by atoms with Crippen LogP contribution in [0.4, 0.5) is 11.4 Å². The molecule has 1 aliphatic heterocycles. The maximum absolute atomic E-state index is 13.9. The maximum atomic E-state index is 13.9. The molecule has 4 nitrogen and oxygen atoms in total. The second-order valence-corrected chi connectivity index (χ2v) is 10.4. The number of carbonyl (C=O) groups is 1. The molecule has 5 heteroatoms. The molecule has 0 spiro atoms. The Morgan fingerprint density at radius 3 is 2.18 bits per heavy atom. The van der Waals surface area contributed by atoms with E-state index in [0.717, 1.165) is 45.5 Å². The molecular formula is C33H27N3OS. The lowest BCUT2D eigenvalue weighted by Gasteiger charge is -2.16. The van der Waals surface area contributed by atoms with Gasteiger partial charge in [0, 0.05) is 29.2 Å². The molecule has 0 atom stereocenters. The molecule has 1 aliphatic rings. The fourth-order valence-corrected chi connectivity index (χ4v) is 5.85. The first-order valence-corrected chi connectivity index (χ1v) is 13.5. The molecule has 1 amide bonds. The van der Waals surface area contributed by atoms with Crippen molar-refractivity contribution in [1.82, 2.24) is 4.57 Å². The van der Waals surface area contributed by atoms with Crippen LogP contribution in [0.2, 0.25) is 0 Å². The van der Waals surface area contributed by atoms with E-state index in [4.69, 9.17) is 4.99 Å². The predicted molar refractivity (Wildman–Crippen MR) is 160 cm³/mol. The number of para-hydroxylation sites is 3. The van der Waals surface area contributed by atoms with Crippen molar-refractivity contribution in [2.24, 2.45) is 4.99 Å². The zero-order valence-electron chi connectivity index (χ0n) is 21.3. The highest BCUT2D eigenvalue weighted by molar-refractivity contribution is 8.19. The van der Waals surface area contributed by atoms with Gasteiger partial charge in [-0.1, -0.05) is 84.9 Å². The Bertz CT molecular complexity index is 1680. The van der Waals surface area contributed by atoms with Crippen molar-refractivity contribution in [2.45, 2.75) is 20.4 Å². The molecule has 1 saturated heterocycles. The topological polar surface area (TPSA) is 37.6 Å². The minimum absolute atomic E-state index is 0.0638. The van der Waals surface area contributed by atoms with Crippen LogP contribution in [0.1, 0.15) is 22.3 Å². The van der Waals surface area contributed by atoms with Crippen LogP contribution in [0.5, 0.6) is 0 Å². The van der Waals surface area contributed by atoms with Crippen molar-refractivity contribution in [3.8, 4) is 0 Å². The molecule has 1 fully saturated rings. The summed E-state index contributed by atoms with van der Waals surface area (Å²) in [5.41, 5.74) is 7.28. The standard InChI is InChI=1S/C33H27N3OS/c1-23-12-11-13-24(2)31(23)34-33-36(27-16-7-4-8-17-27)32(37)30(38-33)20-26-22-35(21-25-14-5-3-6-15-25)29-19-10-9-18-28(26)29/h3-20,22H,21H2,1-2H3. The zero-order chi connectivity index (χ0) is 26.1. The summed E-state index contributed by atoms with van der Waals surface area (Å²) < 4.78 is 2.25. The number of hydrogen-bond acceptors (Lipinski definition) is 3. The highest BCUT2D eigenvalue weighted by Crippen LogP contribution is 2.39. The third-order valence-corrected chi connectivity index (χ3v) is 7.74. The van der Waals surface area contributed by atoms with Crippen LogP contribution in [0.3, 0.4) is 0 Å². The van der Waals surface area contributed by atoms with E-state index in [2.05, 4.69) is 79.2 Å². The number of aryl methyl sites for hydroxylation is 2.